The average molecular weight is 514 g/mol. The van der Waals surface area contributed by atoms with Crippen molar-refractivity contribution in [2.24, 2.45) is 5.92 Å². The van der Waals surface area contributed by atoms with Gasteiger partial charge in [-0.2, -0.15) is 13.2 Å². The van der Waals surface area contributed by atoms with Gasteiger partial charge in [0.25, 0.3) is 11.8 Å². The topological polar surface area (TPSA) is 94.0 Å². The molecule has 0 aliphatic carbocycles. The molecule has 0 radical (unpaired) electrons. The molecular weight excluding hydrogens is 490 g/mol. The van der Waals surface area contributed by atoms with E-state index in [1.165, 1.54) is 32.3 Å². The fourth-order valence-corrected chi connectivity index (χ4v) is 3.99. The van der Waals surface area contributed by atoms with Crippen LogP contribution in [-0.4, -0.2) is 58.6 Å². The normalized spacial score (nSPS) is 20.1. The lowest BCUT2D eigenvalue weighted by Gasteiger charge is -2.43. The Morgan fingerprint density at radius 1 is 1.22 bits per heavy atom. The Morgan fingerprint density at radius 2 is 1.89 bits per heavy atom. The maximum atomic E-state index is 14.5. The Bertz CT molecular complexity index is 1120. The van der Waals surface area contributed by atoms with Gasteiger partial charge in [-0.05, 0) is 23.6 Å². The molecule has 7 nitrogen and oxygen atoms in total. The molecule has 1 unspecified atom stereocenters. The lowest BCUT2D eigenvalue weighted by Crippen LogP contribution is -2.58. The van der Waals surface area contributed by atoms with Crippen LogP contribution >= 0.6 is 0 Å². The van der Waals surface area contributed by atoms with Gasteiger partial charge in [-0.15, -0.1) is 0 Å². The number of piperidine rings is 1. The number of carbonyl (C=O) groups excluding carboxylic acids is 1. The van der Waals surface area contributed by atoms with E-state index in [0.29, 0.717) is 11.8 Å². The van der Waals surface area contributed by atoms with Gasteiger partial charge in [-0.1, -0.05) is 19.1 Å². The first-order valence-corrected chi connectivity index (χ1v) is 10.9. The van der Waals surface area contributed by atoms with Crippen LogP contribution in [0.3, 0.4) is 0 Å². The number of alkyl halides is 5. The van der Waals surface area contributed by atoms with Gasteiger partial charge in [0.05, 0.1) is 25.0 Å². The highest BCUT2D eigenvalue weighted by Gasteiger charge is 2.46. The van der Waals surface area contributed by atoms with Gasteiger partial charge in [0.2, 0.25) is 0 Å². The van der Waals surface area contributed by atoms with Gasteiger partial charge >= 0.3 is 6.18 Å². The van der Waals surface area contributed by atoms with E-state index in [-0.39, 0.29) is 17.9 Å². The van der Waals surface area contributed by atoms with Crippen LogP contribution in [0.25, 0.3) is 5.57 Å². The summed E-state index contributed by atoms with van der Waals surface area (Å²) in [6, 6.07) is 4.18. The van der Waals surface area contributed by atoms with Crippen LogP contribution in [0, 0.1) is 17.1 Å². The SMILES string of the molecule is CN/C=C(\C(=N)C(=O)N1CC(F)(F)CC(C)[C@H]1CNc1cnc(C(F)(F)F)cn1)c1ccc(F)cc1. The Hall–Kier alpha value is -3.64. The molecule has 3 rings (SSSR count). The van der Waals surface area contributed by atoms with E-state index >= 15 is 0 Å². The second kappa shape index (κ2) is 10.5. The molecule has 0 bridgehead atoms. The maximum absolute atomic E-state index is 14.5. The lowest BCUT2D eigenvalue weighted by molar-refractivity contribution is -0.145. The highest BCUT2D eigenvalue weighted by molar-refractivity contribution is 6.54. The number of likely N-dealkylation sites (tertiary alicyclic amines) is 1. The molecule has 1 aliphatic heterocycles. The molecule has 1 amide bonds. The number of rotatable bonds is 7. The predicted molar refractivity (Wildman–Crippen MR) is 121 cm³/mol. The number of benzene rings is 1. The van der Waals surface area contributed by atoms with Gasteiger partial charge in [-0.25, -0.2) is 23.1 Å². The smallest absolute Gasteiger partial charge is 0.393 e. The average Bonchev–Trinajstić information content (AvgIpc) is 2.80. The van der Waals surface area contributed by atoms with Crippen molar-refractivity contribution in [1.82, 2.24) is 20.2 Å². The number of halogens is 6. The largest absolute Gasteiger partial charge is 0.434 e. The molecule has 1 aromatic carbocycles. The number of carbonyl (C=O) groups is 1. The second-order valence-corrected chi connectivity index (χ2v) is 8.43. The van der Waals surface area contributed by atoms with Crippen LogP contribution in [-0.2, 0) is 11.0 Å². The minimum Gasteiger partial charge on any atom is -0.393 e. The second-order valence-electron chi connectivity index (χ2n) is 8.43. The van der Waals surface area contributed by atoms with Crippen LogP contribution in [0.2, 0.25) is 0 Å². The highest BCUT2D eigenvalue weighted by atomic mass is 19.4. The molecule has 2 heterocycles. The Balaban J connectivity index is 1.84. The molecule has 36 heavy (non-hydrogen) atoms. The van der Waals surface area contributed by atoms with Gasteiger partial charge in [-0.3, -0.25) is 10.2 Å². The zero-order chi connectivity index (χ0) is 26.7. The molecule has 1 fully saturated rings. The first-order chi connectivity index (χ1) is 16.8. The van der Waals surface area contributed by atoms with E-state index in [0.717, 1.165) is 23.2 Å². The number of hydrogen-bond donors (Lipinski definition) is 3. The fourth-order valence-electron chi connectivity index (χ4n) is 3.99. The van der Waals surface area contributed by atoms with Crippen LogP contribution < -0.4 is 10.6 Å². The van der Waals surface area contributed by atoms with Crippen molar-refractivity contribution < 1.29 is 31.1 Å². The van der Waals surface area contributed by atoms with Crippen LogP contribution in [0.4, 0.5) is 32.2 Å². The number of nitrogens with zero attached hydrogens (tertiary/aromatic N) is 3. The molecular formula is C23H24F6N6O. The zero-order valence-corrected chi connectivity index (χ0v) is 19.3. The summed E-state index contributed by atoms with van der Waals surface area (Å²) < 4.78 is 80.4. The Morgan fingerprint density at radius 3 is 2.44 bits per heavy atom. The maximum Gasteiger partial charge on any atom is 0.434 e. The summed E-state index contributed by atoms with van der Waals surface area (Å²) in [6.07, 6.45) is -2.45. The van der Waals surface area contributed by atoms with E-state index < -0.39 is 60.2 Å². The summed E-state index contributed by atoms with van der Waals surface area (Å²) in [5, 5.41) is 13.9. The van der Waals surface area contributed by atoms with Gasteiger partial charge < -0.3 is 15.5 Å². The molecule has 1 saturated heterocycles. The molecule has 0 saturated carbocycles. The zero-order valence-electron chi connectivity index (χ0n) is 19.3. The minimum atomic E-state index is -4.67. The third-order valence-electron chi connectivity index (χ3n) is 5.70. The standard InChI is InChI=1S/C23H24F6N6O/c1-13-7-22(25,26)12-35(17(13)9-33-19-11-32-18(10-34-19)23(27,28)29)21(36)20(30)16(8-31-2)14-3-5-15(24)6-4-14/h3-6,8,10-11,13,17,30-31H,7,9,12H2,1-2H3,(H,33,34)/b16-8-,30-20?/t13?,17-/m1/s1. The number of nitrogens with one attached hydrogen (secondary N) is 3. The fraction of sp³-hybridized carbons (Fsp3) is 0.391. The quantitative estimate of drug-likeness (QED) is 0.381. The van der Waals surface area contributed by atoms with Crippen molar-refractivity contribution in [3.63, 3.8) is 0 Å². The molecule has 2 aromatic rings. The molecule has 1 aromatic heterocycles. The van der Waals surface area contributed by atoms with E-state index in [4.69, 9.17) is 5.41 Å². The third-order valence-corrected chi connectivity index (χ3v) is 5.70. The van der Waals surface area contributed by atoms with Crippen LogP contribution in [0.1, 0.15) is 24.6 Å². The van der Waals surface area contributed by atoms with Crippen molar-refractivity contribution in [1.29, 1.82) is 5.41 Å². The van der Waals surface area contributed by atoms with E-state index in [1.54, 1.807) is 0 Å². The van der Waals surface area contributed by atoms with Crippen molar-refractivity contribution in [2.75, 3.05) is 25.5 Å². The monoisotopic (exact) mass is 514 g/mol. The molecule has 3 N–H and O–H groups in total. The van der Waals surface area contributed by atoms with Gasteiger partial charge in [0.15, 0.2) is 5.69 Å². The van der Waals surface area contributed by atoms with Crippen molar-refractivity contribution in [3.8, 4) is 0 Å². The van der Waals surface area contributed by atoms with Crippen molar-refractivity contribution >= 4 is 23.0 Å². The first kappa shape index (κ1) is 27.0. The van der Waals surface area contributed by atoms with Crippen molar-refractivity contribution in [3.05, 3.63) is 59.9 Å². The lowest BCUT2D eigenvalue weighted by atomic mass is 9.87. The van der Waals surface area contributed by atoms with E-state index in [2.05, 4.69) is 20.6 Å². The van der Waals surface area contributed by atoms with Gasteiger partial charge in [0, 0.05) is 31.8 Å². The number of aromatic nitrogens is 2. The van der Waals surface area contributed by atoms with Gasteiger partial charge in [0.1, 0.15) is 17.3 Å². The third kappa shape index (κ3) is 6.32. The molecule has 0 spiro atoms. The molecule has 13 heteroatoms. The Labute approximate surface area is 203 Å². The molecule has 2 atom stereocenters. The number of anilines is 1. The van der Waals surface area contributed by atoms with E-state index in [1.807, 2.05) is 0 Å². The number of hydrogen-bond acceptors (Lipinski definition) is 6. The summed E-state index contributed by atoms with van der Waals surface area (Å²) in [5.41, 5.74) is -1.37. The first-order valence-electron chi connectivity index (χ1n) is 10.9. The summed E-state index contributed by atoms with van der Waals surface area (Å²) in [6.45, 7) is 0.462. The highest BCUT2D eigenvalue weighted by Crippen LogP contribution is 2.35. The summed E-state index contributed by atoms with van der Waals surface area (Å²) in [5.74, 6) is -5.46. The van der Waals surface area contributed by atoms with Crippen LogP contribution in [0.15, 0.2) is 42.9 Å². The summed E-state index contributed by atoms with van der Waals surface area (Å²) in [7, 11) is 1.52. The van der Waals surface area contributed by atoms with Crippen LogP contribution in [0.5, 0.6) is 0 Å². The predicted octanol–water partition coefficient (Wildman–Crippen LogP) is 4.20. The summed E-state index contributed by atoms with van der Waals surface area (Å²) in [4.78, 5) is 21.1. The van der Waals surface area contributed by atoms with Crippen molar-refractivity contribution in [2.45, 2.75) is 31.5 Å². The summed E-state index contributed by atoms with van der Waals surface area (Å²) >= 11 is 0. The van der Waals surface area contributed by atoms with E-state index in [9.17, 15) is 31.1 Å². The Kier molecular flexibility index (Phi) is 7.89. The molecule has 194 valence electrons. The molecule has 1 aliphatic rings. The number of amides is 1. The minimum absolute atomic E-state index is 0.0305.